The molecule has 3 N–H and O–H groups in total. The summed E-state index contributed by atoms with van der Waals surface area (Å²) >= 11 is 0. The van der Waals surface area contributed by atoms with Crippen molar-refractivity contribution in [3.8, 4) is 0 Å². The number of aliphatic hydroxyl groups excluding tert-OH is 1. The van der Waals surface area contributed by atoms with Crippen molar-refractivity contribution >= 4 is 11.9 Å². The molecule has 0 aliphatic heterocycles. The molecule has 0 rings (SSSR count). The number of rotatable bonds is 17. The van der Waals surface area contributed by atoms with Crippen LogP contribution in [0.15, 0.2) is 0 Å². The normalized spacial score (nSPS) is 12.2. The molecule has 0 spiro atoms. The Labute approximate surface area is 140 Å². The predicted octanol–water partition coefficient (Wildman–Crippen LogP) is 4.37. The van der Waals surface area contributed by atoms with Crippen molar-refractivity contribution in [2.75, 3.05) is 0 Å². The highest BCUT2D eigenvalue weighted by Gasteiger charge is 2.11. The third-order valence-electron chi connectivity index (χ3n) is 4.15. The van der Waals surface area contributed by atoms with Crippen LogP contribution in [0.3, 0.4) is 0 Å². The smallest absolute Gasteiger partial charge is 0.332 e. The van der Waals surface area contributed by atoms with Gasteiger partial charge in [0.1, 0.15) is 0 Å². The lowest BCUT2D eigenvalue weighted by molar-refractivity contribution is -0.147. The summed E-state index contributed by atoms with van der Waals surface area (Å²) < 4.78 is 0. The van der Waals surface area contributed by atoms with Gasteiger partial charge in [-0.2, -0.15) is 0 Å². The Morgan fingerprint density at radius 2 is 0.957 bits per heavy atom. The fourth-order valence-electron chi connectivity index (χ4n) is 2.68. The van der Waals surface area contributed by atoms with Crippen molar-refractivity contribution in [1.29, 1.82) is 0 Å². The van der Waals surface area contributed by atoms with Crippen LogP contribution in [0.5, 0.6) is 0 Å². The maximum absolute atomic E-state index is 10.4. The average molecular weight is 330 g/mol. The molecule has 0 aliphatic rings. The summed E-state index contributed by atoms with van der Waals surface area (Å²) in [6.45, 7) is 0. The van der Waals surface area contributed by atoms with E-state index in [4.69, 9.17) is 15.3 Å². The summed E-state index contributed by atoms with van der Waals surface area (Å²) in [6, 6.07) is 0. The van der Waals surface area contributed by atoms with E-state index in [1.165, 1.54) is 44.9 Å². The van der Waals surface area contributed by atoms with Crippen molar-refractivity contribution < 1.29 is 24.9 Å². The van der Waals surface area contributed by atoms with Crippen molar-refractivity contribution in [2.45, 2.75) is 102 Å². The second-order valence-corrected chi connectivity index (χ2v) is 6.38. The molecule has 0 saturated carbocycles. The highest BCUT2D eigenvalue weighted by Crippen LogP contribution is 2.13. The number of carboxylic acids is 2. The molecule has 0 aromatic rings. The molecule has 0 saturated heterocycles. The summed E-state index contributed by atoms with van der Waals surface area (Å²) in [7, 11) is 0. The van der Waals surface area contributed by atoms with Crippen molar-refractivity contribution in [3.05, 3.63) is 0 Å². The monoisotopic (exact) mass is 330 g/mol. The van der Waals surface area contributed by atoms with E-state index in [0.29, 0.717) is 12.8 Å². The minimum atomic E-state index is -1.20. The highest BCUT2D eigenvalue weighted by atomic mass is 16.4. The largest absolute Gasteiger partial charge is 0.481 e. The average Bonchev–Trinajstić information content (AvgIpc) is 2.50. The van der Waals surface area contributed by atoms with Gasteiger partial charge in [0.25, 0.3) is 0 Å². The second-order valence-electron chi connectivity index (χ2n) is 6.38. The summed E-state index contributed by atoms with van der Waals surface area (Å²) in [4.78, 5) is 20.8. The van der Waals surface area contributed by atoms with Crippen LogP contribution in [-0.2, 0) is 9.59 Å². The molecule has 0 amide bonds. The number of unbranched alkanes of at least 4 members (excludes halogenated alkanes) is 12. The Morgan fingerprint density at radius 3 is 1.30 bits per heavy atom. The van der Waals surface area contributed by atoms with E-state index >= 15 is 0 Å². The van der Waals surface area contributed by atoms with Crippen LogP contribution in [0, 0.1) is 0 Å². The van der Waals surface area contributed by atoms with Crippen LogP contribution >= 0.6 is 0 Å². The molecular weight excluding hydrogens is 296 g/mol. The van der Waals surface area contributed by atoms with Crippen LogP contribution in [0.25, 0.3) is 0 Å². The third kappa shape index (κ3) is 17.1. The first-order valence-corrected chi connectivity index (χ1v) is 9.16. The molecule has 0 aliphatic carbocycles. The van der Waals surface area contributed by atoms with Crippen molar-refractivity contribution in [1.82, 2.24) is 0 Å². The van der Waals surface area contributed by atoms with Crippen LogP contribution in [0.1, 0.15) is 96.3 Å². The topological polar surface area (TPSA) is 94.8 Å². The minimum Gasteiger partial charge on any atom is -0.481 e. The minimum absolute atomic E-state index is 0.301. The fourth-order valence-corrected chi connectivity index (χ4v) is 2.68. The van der Waals surface area contributed by atoms with Gasteiger partial charge in [-0.15, -0.1) is 0 Å². The standard InChI is InChI=1S/C18H34O5/c19-16(18(22)23)14-12-10-8-6-4-2-1-3-5-7-9-11-13-15-17(20)21/h16,19H,1-15H2,(H,20,21)(H,22,23). The maximum Gasteiger partial charge on any atom is 0.332 e. The van der Waals surface area contributed by atoms with Gasteiger partial charge in [-0.25, -0.2) is 4.79 Å². The molecule has 0 bridgehead atoms. The van der Waals surface area contributed by atoms with Gasteiger partial charge in [0.05, 0.1) is 0 Å². The van der Waals surface area contributed by atoms with E-state index in [-0.39, 0.29) is 0 Å². The zero-order chi connectivity index (χ0) is 17.3. The van der Waals surface area contributed by atoms with E-state index in [0.717, 1.165) is 38.5 Å². The second kappa shape index (κ2) is 15.8. The van der Waals surface area contributed by atoms with Gasteiger partial charge in [-0.05, 0) is 12.8 Å². The third-order valence-corrected chi connectivity index (χ3v) is 4.15. The lowest BCUT2D eigenvalue weighted by atomic mass is 10.0. The molecule has 0 fully saturated rings. The van der Waals surface area contributed by atoms with Gasteiger partial charge in [-0.1, -0.05) is 77.0 Å². The van der Waals surface area contributed by atoms with Crippen LogP contribution in [-0.4, -0.2) is 33.4 Å². The van der Waals surface area contributed by atoms with E-state index in [2.05, 4.69) is 0 Å². The molecule has 0 heterocycles. The van der Waals surface area contributed by atoms with Gasteiger partial charge in [0, 0.05) is 6.42 Å². The van der Waals surface area contributed by atoms with Crippen LogP contribution < -0.4 is 0 Å². The zero-order valence-electron chi connectivity index (χ0n) is 14.3. The molecule has 0 aromatic heterocycles. The zero-order valence-corrected chi connectivity index (χ0v) is 14.3. The molecule has 1 unspecified atom stereocenters. The molecule has 136 valence electrons. The molecule has 23 heavy (non-hydrogen) atoms. The van der Waals surface area contributed by atoms with Gasteiger partial charge in [0.15, 0.2) is 6.10 Å². The lowest BCUT2D eigenvalue weighted by Crippen LogP contribution is -2.18. The molecular formula is C18H34O5. The fraction of sp³-hybridized carbons (Fsp3) is 0.889. The Balaban J connectivity index is 3.08. The van der Waals surface area contributed by atoms with Crippen LogP contribution in [0.4, 0.5) is 0 Å². The number of aliphatic carboxylic acids is 2. The number of hydrogen-bond acceptors (Lipinski definition) is 3. The van der Waals surface area contributed by atoms with Gasteiger partial charge in [0.2, 0.25) is 0 Å². The van der Waals surface area contributed by atoms with Gasteiger partial charge >= 0.3 is 11.9 Å². The first-order valence-electron chi connectivity index (χ1n) is 9.16. The van der Waals surface area contributed by atoms with E-state index in [1.54, 1.807) is 0 Å². The predicted molar refractivity (Wildman–Crippen MR) is 90.5 cm³/mol. The number of hydrogen-bond donors (Lipinski definition) is 3. The van der Waals surface area contributed by atoms with E-state index < -0.39 is 18.0 Å². The van der Waals surface area contributed by atoms with Crippen molar-refractivity contribution in [3.63, 3.8) is 0 Å². The maximum atomic E-state index is 10.4. The Kier molecular flexibility index (Phi) is 15.0. The highest BCUT2D eigenvalue weighted by molar-refractivity contribution is 5.71. The lowest BCUT2D eigenvalue weighted by Gasteiger charge is -2.05. The summed E-state index contributed by atoms with van der Waals surface area (Å²) in [5.41, 5.74) is 0. The van der Waals surface area contributed by atoms with E-state index in [9.17, 15) is 9.59 Å². The summed E-state index contributed by atoms with van der Waals surface area (Å²) in [5.74, 6) is -1.81. The van der Waals surface area contributed by atoms with Crippen LogP contribution in [0.2, 0.25) is 0 Å². The first-order chi connectivity index (χ1) is 11.0. The summed E-state index contributed by atoms with van der Waals surface area (Å²) in [6.07, 6.45) is 14.1. The van der Waals surface area contributed by atoms with Gasteiger partial charge < -0.3 is 15.3 Å². The molecule has 0 radical (unpaired) electrons. The Morgan fingerprint density at radius 1 is 0.609 bits per heavy atom. The number of carboxylic acid groups (broad SMARTS) is 2. The molecule has 0 aromatic carbocycles. The Bertz CT molecular complexity index is 304. The molecule has 1 atom stereocenters. The quantitative estimate of drug-likeness (QED) is 0.344. The molecule has 5 heteroatoms. The Hall–Kier alpha value is -1.10. The van der Waals surface area contributed by atoms with E-state index in [1.807, 2.05) is 0 Å². The van der Waals surface area contributed by atoms with Crippen molar-refractivity contribution in [2.24, 2.45) is 0 Å². The SMILES string of the molecule is O=C(O)CCCCCCCCCCCCCCCC(O)C(=O)O. The first kappa shape index (κ1) is 21.9. The number of carbonyl (C=O) groups is 2. The number of aliphatic hydroxyl groups is 1. The molecule has 5 nitrogen and oxygen atoms in total. The summed E-state index contributed by atoms with van der Waals surface area (Å²) in [5, 5.41) is 26.2. The van der Waals surface area contributed by atoms with Gasteiger partial charge in [-0.3, -0.25) is 4.79 Å².